The molecular weight excluding hydrogens is 366 g/mol. The van der Waals surface area contributed by atoms with E-state index in [0.29, 0.717) is 31.7 Å². The Labute approximate surface area is 154 Å². The molecule has 9 heteroatoms. The van der Waals surface area contributed by atoms with Crippen molar-refractivity contribution in [1.82, 2.24) is 4.72 Å². The largest absolute Gasteiger partial charge is 0.364 e. The number of nitrogens with two attached hydrogens (primary N) is 1. The van der Waals surface area contributed by atoms with Crippen LogP contribution in [0.3, 0.4) is 0 Å². The molecule has 7 nitrogen and oxygen atoms in total. The molecule has 0 aliphatic carbocycles. The molecule has 0 aromatic heterocycles. The lowest BCUT2D eigenvalue weighted by Crippen LogP contribution is -2.38. The van der Waals surface area contributed by atoms with E-state index in [-0.39, 0.29) is 29.3 Å². The highest BCUT2D eigenvalue weighted by Crippen LogP contribution is 2.32. The first-order valence-corrected chi connectivity index (χ1v) is 9.74. The van der Waals surface area contributed by atoms with Crippen LogP contribution in [0.2, 0.25) is 0 Å². The van der Waals surface area contributed by atoms with Crippen LogP contribution in [0.5, 0.6) is 0 Å². The fourth-order valence-corrected chi connectivity index (χ4v) is 4.32. The minimum Gasteiger partial charge on any atom is -0.364 e. The van der Waals surface area contributed by atoms with Crippen LogP contribution in [0, 0.1) is 0 Å². The number of carbonyl (C=O) groups is 1. The van der Waals surface area contributed by atoms with Crippen molar-refractivity contribution < 1.29 is 17.9 Å². The lowest BCUT2D eigenvalue weighted by molar-refractivity contribution is -0.129. The molecule has 0 saturated carbocycles. The summed E-state index contributed by atoms with van der Waals surface area (Å²) < 4.78 is 32.5. The zero-order valence-electron chi connectivity index (χ0n) is 14.1. The average molecular weight is 390 g/mol. The van der Waals surface area contributed by atoms with Gasteiger partial charge in [-0.15, -0.1) is 12.4 Å². The number of hydrogen-bond acceptors (Lipinski definition) is 5. The number of nitrogens with zero attached hydrogens (tertiary/aromatic N) is 1. The van der Waals surface area contributed by atoms with Gasteiger partial charge in [0.15, 0.2) is 0 Å². The second kappa shape index (κ2) is 8.01. The molecule has 1 fully saturated rings. The maximum Gasteiger partial charge on any atom is 0.256 e. The lowest BCUT2D eigenvalue weighted by Gasteiger charge is -2.22. The molecule has 0 unspecified atom stereocenters. The molecule has 1 amide bonds. The van der Waals surface area contributed by atoms with Crippen molar-refractivity contribution in [2.75, 3.05) is 24.5 Å². The van der Waals surface area contributed by atoms with E-state index < -0.39 is 16.1 Å². The lowest BCUT2D eigenvalue weighted by atomic mass is 10.1. The molecule has 140 valence electrons. The number of rotatable bonds is 5. The number of sulfonamides is 1. The zero-order chi connectivity index (χ0) is 17.3. The van der Waals surface area contributed by atoms with Gasteiger partial charge in [0.1, 0.15) is 6.10 Å². The van der Waals surface area contributed by atoms with Crippen molar-refractivity contribution in [3.05, 3.63) is 23.8 Å². The number of amides is 1. The third-order valence-electron chi connectivity index (χ3n) is 4.51. The van der Waals surface area contributed by atoms with Crippen LogP contribution in [-0.2, 0) is 26.0 Å². The Morgan fingerprint density at radius 2 is 2.16 bits per heavy atom. The number of ether oxygens (including phenoxy) is 1. The zero-order valence-corrected chi connectivity index (χ0v) is 15.7. The molecule has 3 N–H and O–H groups in total. The second-order valence-electron chi connectivity index (χ2n) is 6.09. The summed E-state index contributed by atoms with van der Waals surface area (Å²) in [5.74, 6) is -0.109. The standard InChI is InChI=1S/C16H23N3O4S.ClH/c1-2-18-24(21,22)13-5-3-11-7-8-19(14(11)9-13)16(20)15-6-4-12(10-17)23-15;/h3,5,9,12,15,18H,2,4,6-8,10,17H2,1H3;1H/t12-,15+;/m1./s1. The Balaban J connectivity index is 0.00000225. The Bertz CT molecular complexity index is 741. The van der Waals surface area contributed by atoms with E-state index >= 15 is 0 Å². The fourth-order valence-electron chi connectivity index (χ4n) is 3.26. The SMILES string of the molecule is CCNS(=O)(=O)c1ccc2c(c1)N(C(=O)[C@@H]1CC[C@H](CN)O1)CC2.Cl. The summed E-state index contributed by atoms with van der Waals surface area (Å²) >= 11 is 0. The number of benzene rings is 1. The van der Waals surface area contributed by atoms with Crippen molar-refractivity contribution >= 4 is 34.0 Å². The highest BCUT2D eigenvalue weighted by atomic mass is 35.5. The molecule has 1 aromatic carbocycles. The summed E-state index contributed by atoms with van der Waals surface area (Å²) in [5, 5.41) is 0. The van der Waals surface area contributed by atoms with Crippen LogP contribution >= 0.6 is 12.4 Å². The van der Waals surface area contributed by atoms with Crippen LogP contribution in [0.4, 0.5) is 5.69 Å². The van der Waals surface area contributed by atoms with Crippen LogP contribution < -0.4 is 15.4 Å². The topological polar surface area (TPSA) is 102 Å². The average Bonchev–Trinajstić information content (AvgIpc) is 3.20. The molecule has 3 rings (SSSR count). The highest BCUT2D eigenvalue weighted by molar-refractivity contribution is 7.89. The van der Waals surface area contributed by atoms with E-state index in [2.05, 4.69) is 4.72 Å². The number of anilines is 1. The number of fused-ring (bicyclic) bond motifs is 1. The monoisotopic (exact) mass is 389 g/mol. The van der Waals surface area contributed by atoms with Crippen molar-refractivity contribution in [1.29, 1.82) is 0 Å². The molecule has 2 aliphatic heterocycles. The maximum absolute atomic E-state index is 12.8. The van der Waals surface area contributed by atoms with Crippen molar-refractivity contribution in [3.63, 3.8) is 0 Å². The van der Waals surface area contributed by atoms with Crippen molar-refractivity contribution in [2.45, 2.75) is 43.3 Å². The smallest absolute Gasteiger partial charge is 0.256 e. The second-order valence-corrected chi connectivity index (χ2v) is 7.86. The highest BCUT2D eigenvalue weighted by Gasteiger charge is 2.36. The quantitative estimate of drug-likeness (QED) is 0.775. The van der Waals surface area contributed by atoms with E-state index in [1.54, 1.807) is 30.0 Å². The summed E-state index contributed by atoms with van der Waals surface area (Å²) in [6, 6.07) is 4.94. The Hall–Kier alpha value is -1.19. The number of carbonyl (C=O) groups excluding carboxylic acids is 1. The minimum atomic E-state index is -3.55. The van der Waals surface area contributed by atoms with Gasteiger partial charge in [0, 0.05) is 25.3 Å². The molecule has 0 spiro atoms. The van der Waals surface area contributed by atoms with Gasteiger partial charge in [-0.3, -0.25) is 4.79 Å². The first-order chi connectivity index (χ1) is 11.5. The van der Waals surface area contributed by atoms with E-state index in [1.807, 2.05) is 0 Å². The molecule has 1 saturated heterocycles. The first kappa shape index (κ1) is 20.1. The molecule has 2 heterocycles. The molecular formula is C16H24ClN3O4S. The van der Waals surface area contributed by atoms with Gasteiger partial charge in [0.25, 0.3) is 5.91 Å². The summed E-state index contributed by atoms with van der Waals surface area (Å²) in [7, 11) is -3.55. The Morgan fingerprint density at radius 3 is 2.80 bits per heavy atom. The van der Waals surface area contributed by atoms with Gasteiger partial charge in [0.05, 0.1) is 11.0 Å². The number of hydrogen-bond donors (Lipinski definition) is 2. The predicted molar refractivity (Wildman–Crippen MR) is 97.6 cm³/mol. The summed E-state index contributed by atoms with van der Waals surface area (Å²) in [4.78, 5) is 14.6. The minimum absolute atomic E-state index is 0. The Morgan fingerprint density at radius 1 is 1.40 bits per heavy atom. The van der Waals surface area contributed by atoms with Gasteiger partial charge in [-0.1, -0.05) is 13.0 Å². The van der Waals surface area contributed by atoms with E-state index in [1.165, 1.54) is 0 Å². The van der Waals surface area contributed by atoms with Crippen molar-refractivity contribution in [3.8, 4) is 0 Å². The van der Waals surface area contributed by atoms with Crippen molar-refractivity contribution in [2.24, 2.45) is 5.73 Å². The van der Waals surface area contributed by atoms with E-state index in [4.69, 9.17) is 10.5 Å². The normalized spacial score (nSPS) is 22.6. The van der Waals surface area contributed by atoms with Crippen LogP contribution in [0.25, 0.3) is 0 Å². The fraction of sp³-hybridized carbons (Fsp3) is 0.562. The number of nitrogens with one attached hydrogen (secondary N) is 1. The summed E-state index contributed by atoms with van der Waals surface area (Å²) in [6.45, 7) is 3.00. The van der Waals surface area contributed by atoms with Gasteiger partial charge in [-0.25, -0.2) is 13.1 Å². The van der Waals surface area contributed by atoms with Gasteiger partial charge < -0.3 is 15.4 Å². The van der Waals surface area contributed by atoms with Gasteiger partial charge in [-0.05, 0) is 37.0 Å². The number of halogens is 1. The van der Waals surface area contributed by atoms with Gasteiger partial charge >= 0.3 is 0 Å². The van der Waals surface area contributed by atoms with Crippen LogP contribution in [-0.4, -0.2) is 46.2 Å². The molecule has 0 bridgehead atoms. The van der Waals surface area contributed by atoms with Crippen LogP contribution in [0.1, 0.15) is 25.3 Å². The Kier molecular flexibility index (Phi) is 6.45. The van der Waals surface area contributed by atoms with Crippen LogP contribution in [0.15, 0.2) is 23.1 Å². The summed E-state index contributed by atoms with van der Waals surface area (Å²) in [6.07, 6.45) is 1.60. The molecule has 2 atom stereocenters. The van der Waals surface area contributed by atoms with E-state index in [9.17, 15) is 13.2 Å². The van der Waals surface area contributed by atoms with E-state index in [0.717, 1.165) is 18.4 Å². The predicted octanol–water partition coefficient (Wildman–Crippen LogP) is 0.802. The summed E-state index contributed by atoms with van der Waals surface area (Å²) in [5.41, 5.74) is 7.24. The molecule has 0 radical (unpaired) electrons. The third-order valence-corrected chi connectivity index (χ3v) is 6.05. The molecule has 2 aliphatic rings. The third kappa shape index (κ3) is 3.98. The first-order valence-electron chi connectivity index (χ1n) is 8.25. The molecule has 1 aromatic rings. The van der Waals surface area contributed by atoms with Gasteiger partial charge in [0.2, 0.25) is 10.0 Å². The van der Waals surface area contributed by atoms with Gasteiger partial charge in [-0.2, -0.15) is 0 Å². The molecule has 25 heavy (non-hydrogen) atoms. The maximum atomic E-state index is 12.8.